The van der Waals surface area contributed by atoms with E-state index in [0.29, 0.717) is 25.3 Å². The molecular weight excluding hydrogens is 297 g/mol. The number of rotatable bonds is 2. The molecule has 1 saturated heterocycles. The summed E-state index contributed by atoms with van der Waals surface area (Å²) in [4.78, 5) is 26.3. The van der Waals surface area contributed by atoms with E-state index in [-0.39, 0.29) is 23.4 Å². The molecule has 1 aliphatic heterocycles. The van der Waals surface area contributed by atoms with Gasteiger partial charge in [0.05, 0.1) is 5.56 Å². The van der Waals surface area contributed by atoms with Crippen LogP contribution in [0.5, 0.6) is 0 Å². The molecule has 0 aromatic heterocycles. The van der Waals surface area contributed by atoms with E-state index in [0.717, 1.165) is 0 Å². The van der Waals surface area contributed by atoms with Gasteiger partial charge in [-0.15, -0.1) is 0 Å². The van der Waals surface area contributed by atoms with E-state index in [1.54, 1.807) is 25.7 Å². The molecule has 0 unspecified atom stereocenters. The maximum Gasteiger partial charge on any atom is 0.257 e. The maximum atomic E-state index is 14.1. The predicted molar refractivity (Wildman–Crippen MR) is 87.9 cm³/mol. The van der Waals surface area contributed by atoms with Gasteiger partial charge in [0, 0.05) is 36.8 Å². The van der Waals surface area contributed by atoms with Gasteiger partial charge in [-0.3, -0.25) is 9.59 Å². The third-order valence-electron chi connectivity index (χ3n) is 3.90. The minimum Gasteiger partial charge on any atom is -0.333 e. The molecule has 2 N–H and O–H groups in total. The maximum absolute atomic E-state index is 14.1. The summed E-state index contributed by atoms with van der Waals surface area (Å²) in [7, 11) is 0. The summed E-state index contributed by atoms with van der Waals surface area (Å²) >= 11 is 0. The van der Waals surface area contributed by atoms with Gasteiger partial charge in [0.2, 0.25) is 5.91 Å². The molecule has 6 heteroatoms. The summed E-state index contributed by atoms with van der Waals surface area (Å²) in [5.41, 5.74) is -0.145. The van der Waals surface area contributed by atoms with E-state index in [1.807, 2.05) is 6.92 Å². The highest BCUT2D eigenvalue weighted by molar-refractivity contribution is 5.98. The van der Waals surface area contributed by atoms with Crippen molar-refractivity contribution in [2.24, 2.45) is 5.41 Å². The molecule has 1 aliphatic rings. The first-order chi connectivity index (χ1) is 10.7. The number of amides is 2. The van der Waals surface area contributed by atoms with Gasteiger partial charge in [-0.2, -0.15) is 0 Å². The van der Waals surface area contributed by atoms with Gasteiger partial charge in [-0.25, -0.2) is 4.39 Å². The molecule has 5 nitrogen and oxygen atoms in total. The third-order valence-corrected chi connectivity index (χ3v) is 3.90. The van der Waals surface area contributed by atoms with Crippen LogP contribution in [-0.2, 0) is 4.79 Å². The SMILES string of the molecule is C[C@@H]1CNCCN1C(=O)c1cc(NC(=O)C(C)(C)C)ccc1F. The van der Waals surface area contributed by atoms with Gasteiger partial charge in [0.15, 0.2) is 0 Å². The molecule has 2 rings (SSSR count). The molecule has 2 amide bonds. The number of carbonyl (C=O) groups excluding carboxylic acids is 2. The molecule has 1 fully saturated rings. The van der Waals surface area contributed by atoms with E-state index in [1.165, 1.54) is 18.2 Å². The van der Waals surface area contributed by atoms with Crippen LogP contribution < -0.4 is 10.6 Å². The molecule has 126 valence electrons. The van der Waals surface area contributed by atoms with Gasteiger partial charge in [0.25, 0.3) is 5.91 Å². The van der Waals surface area contributed by atoms with Gasteiger partial charge in [-0.05, 0) is 25.1 Å². The number of carbonyl (C=O) groups is 2. The van der Waals surface area contributed by atoms with Crippen LogP contribution in [0.15, 0.2) is 18.2 Å². The van der Waals surface area contributed by atoms with Crippen LogP contribution in [0.2, 0.25) is 0 Å². The summed E-state index contributed by atoms with van der Waals surface area (Å²) in [5.74, 6) is -1.10. The second-order valence-corrected chi connectivity index (χ2v) is 6.95. The Hall–Kier alpha value is -1.95. The highest BCUT2D eigenvalue weighted by Crippen LogP contribution is 2.21. The molecule has 0 spiro atoms. The van der Waals surface area contributed by atoms with Crippen molar-refractivity contribution in [2.75, 3.05) is 25.0 Å². The van der Waals surface area contributed by atoms with Crippen molar-refractivity contribution in [1.29, 1.82) is 0 Å². The Morgan fingerprint density at radius 1 is 1.35 bits per heavy atom. The van der Waals surface area contributed by atoms with E-state index >= 15 is 0 Å². The number of piperazine rings is 1. The Morgan fingerprint density at radius 2 is 2.04 bits per heavy atom. The average Bonchev–Trinajstić information content (AvgIpc) is 2.48. The molecule has 0 aliphatic carbocycles. The summed E-state index contributed by atoms with van der Waals surface area (Å²) in [6.07, 6.45) is 0. The van der Waals surface area contributed by atoms with Crippen molar-refractivity contribution in [2.45, 2.75) is 33.7 Å². The molecule has 1 aromatic carbocycles. The fourth-order valence-corrected chi connectivity index (χ4v) is 2.38. The summed E-state index contributed by atoms with van der Waals surface area (Å²) < 4.78 is 14.1. The molecule has 23 heavy (non-hydrogen) atoms. The van der Waals surface area contributed by atoms with Crippen molar-refractivity contribution in [3.05, 3.63) is 29.6 Å². The summed E-state index contributed by atoms with van der Waals surface area (Å²) in [6, 6.07) is 4.11. The molecular formula is C17H24FN3O2. The zero-order valence-corrected chi connectivity index (χ0v) is 14.1. The molecule has 0 radical (unpaired) electrons. The Kier molecular flexibility index (Phi) is 5.04. The lowest BCUT2D eigenvalue weighted by Gasteiger charge is -2.34. The fraction of sp³-hybridized carbons (Fsp3) is 0.529. The smallest absolute Gasteiger partial charge is 0.257 e. The van der Waals surface area contributed by atoms with E-state index < -0.39 is 11.2 Å². The number of benzene rings is 1. The van der Waals surface area contributed by atoms with Gasteiger partial charge in [0.1, 0.15) is 5.82 Å². The largest absolute Gasteiger partial charge is 0.333 e. The fourth-order valence-electron chi connectivity index (χ4n) is 2.38. The number of halogens is 1. The number of hydrogen-bond donors (Lipinski definition) is 2. The van der Waals surface area contributed by atoms with Crippen molar-refractivity contribution in [3.8, 4) is 0 Å². The van der Waals surface area contributed by atoms with Crippen LogP contribution in [0.25, 0.3) is 0 Å². The minimum absolute atomic E-state index is 0.00322. The Morgan fingerprint density at radius 3 is 2.65 bits per heavy atom. The minimum atomic E-state index is -0.575. The third kappa shape index (κ3) is 4.07. The lowest BCUT2D eigenvalue weighted by molar-refractivity contribution is -0.123. The average molecular weight is 321 g/mol. The zero-order chi connectivity index (χ0) is 17.2. The summed E-state index contributed by atoms with van der Waals surface area (Å²) in [5, 5.41) is 5.92. The monoisotopic (exact) mass is 321 g/mol. The highest BCUT2D eigenvalue weighted by Gasteiger charge is 2.27. The van der Waals surface area contributed by atoms with Crippen LogP contribution in [0, 0.1) is 11.2 Å². The van der Waals surface area contributed by atoms with Crippen LogP contribution in [0.4, 0.5) is 10.1 Å². The van der Waals surface area contributed by atoms with E-state index in [9.17, 15) is 14.0 Å². The van der Waals surface area contributed by atoms with E-state index in [4.69, 9.17) is 0 Å². The second-order valence-electron chi connectivity index (χ2n) is 6.95. The van der Waals surface area contributed by atoms with Crippen LogP contribution >= 0.6 is 0 Å². The predicted octanol–water partition coefficient (Wildman–Crippen LogP) is 2.24. The van der Waals surface area contributed by atoms with Crippen molar-refractivity contribution < 1.29 is 14.0 Å². The summed E-state index contributed by atoms with van der Waals surface area (Å²) in [6.45, 7) is 9.22. The highest BCUT2D eigenvalue weighted by atomic mass is 19.1. The number of hydrogen-bond acceptors (Lipinski definition) is 3. The van der Waals surface area contributed by atoms with Crippen LogP contribution in [0.1, 0.15) is 38.1 Å². The van der Waals surface area contributed by atoms with Crippen LogP contribution in [0.3, 0.4) is 0 Å². The normalized spacial score (nSPS) is 18.7. The van der Waals surface area contributed by atoms with Gasteiger partial charge >= 0.3 is 0 Å². The molecule has 1 aromatic rings. The molecule has 0 bridgehead atoms. The molecule has 1 atom stereocenters. The van der Waals surface area contributed by atoms with Crippen molar-refractivity contribution >= 4 is 17.5 Å². The number of anilines is 1. The van der Waals surface area contributed by atoms with E-state index in [2.05, 4.69) is 10.6 Å². The first kappa shape index (κ1) is 17.4. The zero-order valence-electron chi connectivity index (χ0n) is 14.1. The lowest BCUT2D eigenvalue weighted by Crippen LogP contribution is -2.52. The Bertz CT molecular complexity index is 610. The Labute approximate surface area is 136 Å². The molecule has 0 saturated carbocycles. The van der Waals surface area contributed by atoms with Crippen molar-refractivity contribution in [3.63, 3.8) is 0 Å². The standard InChI is InChI=1S/C17H24FN3O2/c1-11-10-19-7-8-21(11)15(22)13-9-12(5-6-14(13)18)20-16(23)17(2,3)4/h5-6,9,11,19H,7-8,10H2,1-4H3,(H,20,23)/t11-/m1/s1. The van der Waals surface area contributed by atoms with Gasteiger partial charge in [-0.1, -0.05) is 20.8 Å². The molecule has 1 heterocycles. The van der Waals surface area contributed by atoms with Gasteiger partial charge < -0.3 is 15.5 Å². The first-order valence-corrected chi connectivity index (χ1v) is 7.83. The number of nitrogens with one attached hydrogen (secondary N) is 2. The Balaban J connectivity index is 2.23. The number of nitrogens with zero attached hydrogens (tertiary/aromatic N) is 1. The van der Waals surface area contributed by atoms with Crippen LogP contribution in [-0.4, -0.2) is 42.4 Å². The van der Waals surface area contributed by atoms with Crippen molar-refractivity contribution in [1.82, 2.24) is 10.2 Å². The first-order valence-electron chi connectivity index (χ1n) is 7.83. The topological polar surface area (TPSA) is 61.4 Å². The quantitative estimate of drug-likeness (QED) is 0.878. The second kappa shape index (κ2) is 6.66. The lowest BCUT2D eigenvalue weighted by atomic mass is 9.95.